The molecule has 3 heterocycles. The number of H-pyrrole nitrogens is 1. The minimum Gasteiger partial charge on any atom is -0.493 e. The van der Waals surface area contributed by atoms with Gasteiger partial charge in [0.15, 0.2) is 11.5 Å². The van der Waals surface area contributed by atoms with E-state index in [4.69, 9.17) is 13.9 Å². The molecule has 0 atom stereocenters. The number of rotatable bonds is 6. The summed E-state index contributed by atoms with van der Waals surface area (Å²) in [5.41, 5.74) is 4.19. The molecule has 1 saturated heterocycles. The molecule has 2 aromatic heterocycles. The van der Waals surface area contributed by atoms with Crippen LogP contribution in [0.25, 0.3) is 21.9 Å². The summed E-state index contributed by atoms with van der Waals surface area (Å²) in [6, 6.07) is 12.2. The van der Waals surface area contributed by atoms with E-state index in [2.05, 4.69) is 39.0 Å². The fourth-order valence-corrected chi connectivity index (χ4v) is 4.56. The van der Waals surface area contributed by atoms with Crippen LogP contribution in [0.15, 0.2) is 51.8 Å². The van der Waals surface area contributed by atoms with Crippen molar-refractivity contribution >= 4 is 52.4 Å². The van der Waals surface area contributed by atoms with Gasteiger partial charge in [-0.15, -0.1) is 24.8 Å². The van der Waals surface area contributed by atoms with Crippen molar-refractivity contribution in [3.8, 4) is 11.5 Å². The van der Waals surface area contributed by atoms with Crippen LogP contribution < -0.4 is 20.0 Å². The van der Waals surface area contributed by atoms with Crippen molar-refractivity contribution in [3.05, 3.63) is 64.1 Å². The van der Waals surface area contributed by atoms with Gasteiger partial charge in [-0.1, -0.05) is 6.07 Å². The van der Waals surface area contributed by atoms with E-state index in [9.17, 15) is 4.79 Å². The SMILES string of the molecule is COc1cc2oc(=O)c(C)c(C)c2cc1OCCN1CCN(c2cccc3[nH]ccc23)CC1.Cl.Cl. The Morgan fingerprint density at radius 3 is 2.49 bits per heavy atom. The second-order valence-corrected chi connectivity index (χ2v) is 8.53. The standard InChI is InChI=1S/C26H29N3O4.2ClH/c1-17-18(2)26(30)33-23-16-24(31-3)25(15-20(17)23)32-14-13-28-9-11-29(12-10-28)22-6-4-5-21-19(22)7-8-27-21;;/h4-8,15-16,27H,9-14H2,1-3H3;2*1H. The molecule has 0 radical (unpaired) electrons. The number of hydrogen-bond acceptors (Lipinski definition) is 6. The summed E-state index contributed by atoms with van der Waals surface area (Å²) in [6.07, 6.45) is 2.00. The lowest BCUT2D eigenvalue weighted by Gasteiger charge is -2.36. The van der Waals surface area contributed by atoms with Crippen LogP contribution in [0.3, 0.4) is 0 Å². The molecule has 1 aliphatic heterocycles. The van der Waals surface area contributed by atoms with Gasteiger partial charge >= 0.3 is 5.63 Å². The second kappa shape index (κ2) is 11.2. The summed E-state index contributed by atoms with van der Waals surface area (Å²) in [5, 5.41) is 2.15. The molecule has 188 valence electrons. The van der Waals surface area contributed by atoms with Crippen molar-refractivity contribution in [1.82, 2.24) is 9.88 Å². The van der Waals surface area contributed by atoms with Crippen molar-refractivity contribution < 1.29 is 13.9 Å². The molecule has 7 nitrogen and oxygen atoms in total. The zero-order valence-electron chi connectivity index (χ0n) is 20.1. The second-order valence-electron chi connectivity index (χ2n) is 8.53. The van der Waals surface area contributed by atoms with Crippen LogP contribution in [0.2, 0.25) is 0 Å². The predicted octanol–water partition coefficient (Wildman–Crippen LogP) is 4.94. The van der Waals surface area contributed by atoms with Gasteiger partial charge in [0.1, 0.15) is 12.2 Å². The van der Waals surface area contributed by atoms with Crippen molar-refractivity contribution in [3.63, 3.8) is 0 Å². The average Bonchev–Trinajstić information content (AvgIpc) is 3.32. The number of aromatic nitrogens is 1. The third kappa shape index (κ3) is 5.22. The Kier molecular flexibility index (Phi) is 8.59. The zero-order valence-corrected chi connectivity index (χ0v) is 21.8. The lowest BCUT2D eigenvalue weighted by Crippen LogP contribution is -2.47. The van der Waals surface area contributed by atoms with Crippen molar-refractivity contribution in [2.24, 2.45) is 0 Å². The maximum Gasteiger partial charge on any atom is 0.339 e. The number of piperazine rings is 1. The van der Waals surface area contributed by atoms with E-state index < -0.39 is 0 Å². The van der Waals surface area contributed by atoms with Crippen LogP contribution in [0.5, 0.6) is 11.5 Å². The molecule has 0 bridgehead atoms. The minimum atomic E-state index is -0.317. The molecule has 0 amide bonds. The molecule has 0 spiro atoms. The molecule has 0 aliphatic carbocycles. The van der Waals surface area contributed by atoms with E-state index >= 15 is 0 Å². The number of hydrogen-bond donors (Lipinski definition) is 1. The van der Waals surface area contributed by atoms with Gasteiger partial charge in [-0.05, 0) is 43.7 Å². The van der Waals surface area contributed by atoms with E-state index in [1.807, 2.05) is 19.2 Å². The highest BCUT2D eigenvalue weighted by Gasteiger charge is 2.19. The van der Waals surface area contributed by atoms with Crippen LogP contribution in [0.1, 0.15) is 11.1 Å². The molecule has 1 aliphatic rings. The first-order valence-corrected chi connectivity index (χ1v) is 11.3. The third-order valence-electron chi connectivity index (χ3n) is 6.69. The third-order valence-corrected chi connectivity index (χ3v) is 6.69. The lowest BCUT2D eigenvalue weighted by atomic mass is 10.1. The Labute approximate surface area is 216 Å². The molecule has 0 saturated carbocycles. The van der Waals surface area contributed by atoms with E-state index in [1.54, 1.807) is 20.1 Å². The van der Waals surface area contributed by atoms with Gasteiger partial charge in [-0.2, -0.15) is 0 Å². The number of nitrogens with zero attached hydrogens (tertiary/aromatic N) is 2. The van der Waals surface area contributed by atoms with Crippen molar-refractivity contribution in [2.75, 3.05) is 51.3 Å². The van der Waals surface area contributed by atoms with E-state index in [1.165, 1.54) is 16.6 Å². The highest BCUT2D eigenvalue weighted by atomic mass is 35.5. The maximum absolute atomic E-state index is 12.0. The molecular weight excluding hydrogens is 489 g/mol. The summed E-state index contributed by atoms with van der Waals surface area (Å²) < 4.78 is 17.0. The van der Waals surface area contributed by atoms with Crippen LogP contribution in [-0.4, -0.2) is 56.3 Å². The number of nitrogens with one attached hydrogen (secondary N) is 1. The molecule has 0 unspecified atom stereocenters. The number of benzene rings is 2. The van der Waals surface area contributed by atoms with E-state index in [0.717, 1.165) is 43.7 Å². The van der Waals surface area contributed by atoms with Crippen LogP contribution in [0.4, 0.5) is 5.69 Å². The number of fused-ring (bicyclic) bond motifs is 2. The monoisotopic (exact) mass is 519 g/mol. The normalized spacial score (nSPS) is 14.0. The van der Waals surface area contributed by atoms with E-state index in [0.29, 0.717) is 29.3 Å². The Morgan fingerprint density at radius 1 is 0.971 bits per heavy atom. The lowest BCUT2D eigenvalue weighted by molar-refractivity contribution is 0.197. The van der Waals surface area contributed by atoms with E-state index in [-0.39, 0.29) is 30.4 Å². The molecule has 4 aromatic rings. The molecule has 2 aromatic carbocycles. The summed E-state index contributed by atoms with van der Waals surface area (Å²) in [6.45, 7) is 9.06. The smallest absolute Gasteiger partial charge is 0.339 e. The highest BCUT2D eigenvalue weighted by molar-refractivity contribution is 5.92. The van der Waals surface area contributed by atoms with Crippen LogP contribution >= 0.6 is 24.8 Å². The summed E-state index contributed by atoms with van der Waals surface area (Å²) in [4.78, 5) is 20.2. The Hall–Kier alpha value is -2.87. The molecular formula is C26H31Cl2N3O4. The van der Waals surface area contributed by atoms with Crippen molar-refractivity contribution in [1.29, 1.82) is 0 Å². The zero-order chi connectivity index (χ0) is 22.9. The van der Waals surface area contributed by atoms with Gasteiger partial charge in [0.25, 0.3) is 0 Å². The number of halogens is 2. The minimum absolute atomic E-state index is 0. The quantitative estimate of drug-likeness (QED) is 0.363. The fourth-order valence-electron chi connectivity index (χ4n) is 4.56. The van der Waals surface area contributed by atoms with Crippen LogP contribution in [-0.2, 0) is 0 Å². The first kappa shape index (κ1) is 26.7. The number of anilines is 1. The number of aryl methyl sites for hydroxylation is 1. The van der Waals surface area contributed by atoms with Crippen LogP contribution in [0, 0.1) is 13.8 Å². The molecule has 35 heavy (non-hydrogen) atoms. The predicted molar refractivity (Wildman–Crippen MR) is 145 cm³/mol. The Balaban J connectivity index is 0.00000171. The first-order chi connectivity index (χ1) is 16.0. The van der Waals surface area contributed by atoms with Gasteiger partial charge in [0.2, 0.25) is 0 Å². The van der Waals surface area contributed by atoms with Crippen molar-refractivity contribution in [2.45, 2.75) is 13.8 Å². The first-order valence-electron chi connectivity index (χ1n) is 11.3. The largest absolute Gasteiger partial charge is 0.493 e. The average molecular weight is 520 g/mol. The van der Waals surface area contributed by atoms with Gasteiger partial charge in [-0.25, -0.2) is 4.79 Å². The number of ether oxygens (including phenoxy) is 2. The Bertz CT molecular complexity index is 1360. The van der Waals surface area contributed by atoms with Gasteiger partial charge in [-0.3, -0.25) is 4.90 Å². The molecule has 9 heteroatoms. The maximum atomic E-state index is 12.0. The fraction of sp³-hybridized carbons (Fsp3) is 0.346. The topological polar surface area (TPSA) is 70.9 Å². The van der Waals surface area contributed by atoms with Gasteiger partial charge in [0, 0.05) is 72.5 Å². The summed E-state index contributed by atoms with van der Waals surface area (Å²) in [7, 11) is 1.59. The molecule has 5 rings (SSSR count). The van der Waals surface area contributed by atoms with Gasteiger partial charge in [0.05, 0.1) is 7.11 Å². The number of methoxy groups -OCH3 is 1. The Morgan fingerprint density at radius 2 is 1.74 bits per heavy atom. The summed E-state index contributed by atoms with van der Waals surface area (Å²) >= 11 is 0. The number of aromatic amines is 1. The molecule has 1 N–H and O–H groups in total. The summed E-state index contributed by atoms with van der Waals surface area (Å²) in [5.74, 6) is 1.23. The molecule has 1 fully saturated rings. The van der Waals surface area contributed by atoms with Gasteiger partial charge < -0.3 is 23.8 Å². The highest BCUT2D eigenvalue weighted by Crippen LogP contribution is 2.34.